The van der Waals surface area contributed by atoms with E-state index in [1.54, 1.807) is 30.3 Å². The van der Waals surface area contributed by atoms with E-state index in [1.165, 1.54) is 35.2 Å². The number of hydrogen-bond acceptors (Lipinski definition) is 4. The second-order valence-electron chi connectivity index (χ2n) is 11.0. The number of amides is 2. The summed E-state index contributed by atoms with van der Waals surface area (Å²) in [5.41, 5.74) is 2.21. The van der Waals surface area contributed by atoms with E-state index in [4.69, 9.17) is 46.4 Å². The van der Waals surface area contributed by atoms with Gasteiger partial charge in [-0.1, -0.05) is 114 Å². The number of benzene rings is 4. The number of rotatable bonds is 14. The first kappa shape index (κ1) is 36.6. The molecule has 0 radical (unpaired) electrons. The van der Waals surface area contributed by atoms with Gasteiger partial charge in [-0.15, -0.1) is 0 Å². The van der Waals surface area contributed by atoms with Gasteiger partial charge in [0.05, 0.1) is 20.6 Å². The van der Waals surface area contributed by atoms with E-state index in [9.17, 15) is 18.0 Å². The standard InChI is InChI=1S/C35H35Cl4N3O4S/c1-3-4-19-40-35(44)33(20-25-9-6-5-7-10-25)41(22-28-29(36)11-8-12-30(28)37)34(43)23-42(26-15-18-31(38)32(39)21-26)47(45,46)27-16-13-24(2)14-17-27/h5-18,21,33H,3-4,19-20,22-23H2,1-2H3,(H,40,44)/t33-/m0/s1. The average molecular weight is 736 g/mol. The molecule has 248 valence electrons. The van der Waals surface area contributed by atoms with Crippen molar-refractivity contribution in [3.63, 3.8) is 0 Å². The van der Waals surface area contributed by atoms with Crippen LogP contribution in [0.5, 0.6) is 0 Å². The highest BCUT2D eigenvalue weighted by molar-refractivity contribution is 7.92. The van der Waals surface area contributed by atoms with Gasteiger partial charge < -0.3 is 10.2 Å². The summed E-state index contributed by atoms with van der Waals surface area (Å²) in [5, 5.41) is 3.88. The van der Waals surface area contributed by atoms with Crippen LogP contribution in [0, 0.1) is 6.92 Å². The molecule has 0 saturated carbocycles. The summed E-state index contributed by atoms with van der Waals surface area (Å²) >= 11 is 25.6. The number of nitrogens with one attached hydrogen (secondary N) is 1. The summed E-state index contributed by atoms with van der Waals surface area (Å²) in [5.74, 6) is -1.05. The normalized spacial score (nSPS) is 12.0. The van der Waals surface area contributed by atoms with E-state index in [0.717, 1.165) is 28.3 Å². The molecule has 0 unspecified atom stereocenters. The smallest absolute Gasteiger partial charge is 0.264 e. The largest absolute Gasteiger partial charge is 0.354 e. The molecule has 0 aliphatic heterocycles. The Morgan fingerprint density at radius 1 is 0.809 bits per heavy atom. The van der Waals surface area contributed by atoms with Gasteiger partial charge in [0.2, 0.25) is 11.8 Å². The van der Waals surface area contributed by atoms with E-state index in [2.05, 4.69) is 5.32 Å². The molecule has 0 bridgehead atoms. The minimum absolute atomic E-state index is 0.0270. The van der Waals surface area contributed by atoms with Crippen LogP contribution in [0.1, 0.15) is 36.5 Å². The van der Waals surface area contributed by atoms with Crippen LogP contribution in [0.15, 0.2) is 95.9 Å². The first-order valence-corrected chi connectivity index (χ1v) is 18.0. The quantitative estimate of drug-likeness (QED) is 0.132. The molecule has 47 heavy (non-hydrogen) atoms. The van der Waals surface area contributed by atoms with Crippen LogP contribution in [0.3, 0.4) is 0 Å². The molecule has 0 heterocycles. The van der Waals surface area contributed by atoms with Crippen molar-refractivity contribution < 1.29 is 18.0 Å². The number of carbonyl (C=O) groups is 2. The third kappa shape index (κ3) is 9.42. The summed E-state index contributed by atoms with van der Waals surface area (Å²) < 4.78 is 29.4. The second-order valence-corrected chi connectivity index (χ2v) is 14.5. The highest BCUT2D eigenvalue weighted by atomic mass is 35.5. The van der Waals surface area contributed by atoms with E-state index < -0.39 is 28.5 Å². The number of hydrogen-bond donors (Lipinski definition) is 1. The number of carbonyl (C=O) groups excluding carboxylic acids is 2. The number of nitrogens with zero attached hydrogens (tertiary/aromatic N) is 2. The first-order valence-electron chi connectivity index (χ1n) is 15.0. The Bertz CT molecular complexity index is 1790. The highest BCUT2D eigenvalue weighted by Gasteiger charge is 2.35. The van der Waals surface area contributed by atoms with Gasteiger partial charge in [0.1, 0.15) is 12.6 Å². The van der Waals surface area contributed by atoms with Gasteiger partial charge in [-0.25, -0.2) is 8.42 Å². The van der Waals surface area contributed by atoms with Gasteiger partial charge in [0.25, 0.3) is 10.0 Å². The number of anilines is 1. The molecule has 4 rings (SSSR count). The molecule has 7 nitrogen and oxygen atoms in total. The zero-order chi connectivity index (χ0) is 34.1. The molecule has 0 aliphatic carbocycles. The summed E-state index contributed by atoms with van der Waals surface area (Å²) in [7, 11) is -4.31. The third-order valence-corrected chi connectivity index (χ3v) is 10.8. The van der Waals surface area contributed by atoms with Gasteiger partial charge in [-0.3, -0.25) is 13.9 Å². The van der Waals surface area contributed by atoms with E-state index >= 15 is 0 Å². The van der Waals surface area contributed by atoms with Crippen LogP contribution in [0.4, 0.5) is 5.69 Å². The van der Waals surface area contributed by atoms with Crippen molar-refractivity contribution in [3.05, 3.63) is 128 Å². The molecule has 2 amide bonds. The lowest BCUT2D eigenvalue weighted by atomic mass is 10.0. The Morgan fingerprint density at radius 3 is 2.09 bits per heavy atom. The van der Waals surface area contributed by atoms with Crippen LogP contribution in [0.2, 0.25) is 20.1 Å². The van der Waals surface area contributed by atoms with Crippen LogP contribution < -0.4 is 9.62 Å². The summed E-state index contributed by atoms with van der Waals surface area (Å²) in [4.78, 5) is 29.8. The van der Waals surface area contributed by atoms with E-state index in [0.29, 0.717) is 22.2 Å². The van der Waals surface area contributed by atoms with Crippen LogP contribution in [-0.4, -0.2) is 44.3 Å². The van der Waals surface area contributed by atoms with Crippen LogP contribution >= 0.6 is 46.4 Å². The number of aryl methyl sites for hydroxylation is 1. The minimum Gasteiger partial charge on any atom is -0.354 e. The van der Waals surface area contributed by atoms with Crippen LogP contribution in [-0.2, 0) is 32.6 Å². The Morgan fingerprint density at radius 2 is 1.47 bits per heavy atom. The predicted molar refractivity (Wildman–Crippen MR) is 191 cm³/mol. The Kier molecular flexibility index (Phi) is 13.0. The zero-order valence-electron chi connectivity index (χ0n) is 25.9. The zero-order valence-corrected chi connectivity index (χ0v) is 29.8. The molecule has 12 heteroatoms. The fourth-order valence-electron chi connectivity index (χ4n) is 4.92. The lowest BCUT2D eigenvalue weighted by molar-refractivity contribution is -0.140. The van der Waals surface area contributed by atoms with Crippen molar-refractivity contribution in [3.8, 4) is 0 Å². The Balaban J connectivity index is 1.84. The van der Waals surface area contributed by atoms with Gasteiger partial charge in [0, 0.05) is 35.1 Å². The number of unbranched alkanes of at least 4 members (excludes halogenated alkanes) is 1. The molecule has 0 aromatic heterocycles. The van der Waals surface area contributed by atoms with Crippen molar-refractivity contribution in [2.45, 2.75) is 50.6 Å². The maximum absolute atomic E-state index is 14.6. The van der Waals surface area contributed by atoms with E-state index in [-0.39, 0.29) is 39.5 Å². The Hall–Kier alpha value is -3.27. The fraction of sp³-hybridized carbons (Fsp3) is 0.257. The van der Waals surface area contributed by atoms with Gasteiger partial charge in [0.15, 0.2) is 0 Å². The molecule has 4 aromatic rings. The SMILES string of the molecule is CCCCNC(=O)[C@H](Cc1ccccc1)N(Cc1c(Cl)cccc1Cl)C(=O)CN(c1ccc(Cl)c(Cl)c1)S(=O)(=O)c1ccc(C)cc1. The summed E-state index contributed by atoms with van der Waals surface area (Å²) in [6, 6.07) is 23.8. The van der Waals surface area contributed by atoms with Gasteiger partial charge in [-0.2, -0.15) is 0 Å². The molecule has 0 saturated heterocycles. The summed E-state index contributed by atoms with van der Waals surface area (Å²) in [6.07, 6.45) is 1.76. The lowest BCUT2D eigenvalue weighted by Gasteiger charge is -2.34. The van der Waals surface area contributed by atoms with Crippen molar-refractivity contribution in [1.82, 2.24) is 10.2 Å². The molecule has 0 fully saturated rings. The molecular formula is C35H35Cl4N3O4S. The second kappa shape index (κ2) is 16.7. The topological polar surface area (TPSA) is 86.8 Å². The van der Waals surface area contributed by atoms with Gasteiger partial charge in [-0.05, 0) is 61.4 Å². The maximum Gasteiger partial charge on any atom is 0.264 e. The van der Waals surface area contributed by atoms with Crippen LogP contribution in [0.25, 0.3) is 0 Å². The molecule has 4 aromatic carbocycles. The third-order valence-electron chi connectivity index (χ3n) is 7.57. The van der Waals surface area contributed by atoms with Crippen molar-refractivity contribution in [1.29, 1.82) is 0 Å². The number of sulfonamides is 1. The molecule has 0 aliphatic rings. The first-order chi connectivity index (χ1) is 22.4. The molecule has 0 spiro atoms. The minimum atomic E-state index is -4.31. The fourth-order valence-corrected chi connectivity index (χ4v) is 7.14. The van der Waals surface area contributed by atoms with E-state index in [1.807, 2.05) is 44.2 Å². The van der Waals surface area contributed by atoms with Gasteiger partial charge >= 0.3 is 0 Å². The summed E-state index contributed by atoms with van der Waals surface area (Å²) in [6.45, 7) is 3.44. The predicted octanol–water partition coefficient (Wildman–Crippen LogP) is 8.36. The monoisotopic (exact) mass is 733 g/mol. The van der Waals surface area contributed by atoms with Crippen molar-refractivity contribution in [2.24, 2.45) is 0 Å². The lowest BCUT2D eigenvalue weighted by Crippen LogP contribution is -2.53. The maximum atomic E-state index is 14.6. The Labute approximate surface area is 296 Å². The van der Waals surface area contributed by atoms with Crippen molar-refractivity contribution in [2.75, 3.05) is 17.4 Å². The average Bonchev–Trinajstić information content (AvgIpc) is 3.04. The molecular weight excluding hydrogens is 700 g/mol. The number of halogens is 4. The van der Waals surface area contributed by atoms with Crippen molar-refractivity contribution >= 4 is 73.9 Å². The molecule has 1 N–H and O–H groups in total. The molecule has 1 atom stereocenters. The highest BCUT2D eigenvalue weighted by Crippen LogP contribution is 2.32.